The van der Waals surface area contributed by atoms with Crippen molar-refractivity contribution < 1.29 is 14.3 Å². The van der Waals surface area contributed by atoms with E-state index in [2.05, 4.69) is 0 Å². The minimum Gasteiger partial charge on any atom is -0.488 e. The summed E-state index contributed by atoms with van der Waals surface area (Å²) in [4.78, 5) is 11.7. The van der Waals surface area contributed by atoms with E-state index >= 15 is 0 Å². The van der Waals surface area contributed by atoms with Gasteiger partial charge in [-0.25, -0.2) is 4.79 Å². The molecule has 2 aromatic rings. The Bertz CT molecular complexity index is 671. The minimum absolute atomic E-state index is 0.243. The van der Waals surface area contributed by atoms with Crippen molar-refractivity contribution in [3.8, 4) is 5.75 Å². The Hall–Kier alpha value is -2.20. The lowest BCUT2D eigenvalue weighted by molar-refractivity contribution is 0.0595. The van der Waals surface area contributed by atoms with Crippen molar-refractivity contribution in [2.24, 2.45) is 0 Å². The molecule has 0 saturated heterocycles. The van der Waals surface area contributed by atoms with Crippen molar-refractivity contribution in [2.45, 2.75) is 13.5 Å². The number of carbonyl (C=O) groups is 1. The van der Waals surface area contributed by atoms with Crippen molar-refractivity contribution >= 4 is 23.3 Å². The fraction of sp³-hybridized carbons (Fsp3) is 0.188. The van der Waals surface area contributed by atoms with Crippen LogP contribution in [0.15, 0.2) is 36.4 Å². The van der Waals surface area contributed by atoms with Crippen LogP contribution in [0.5, 0.6) is 5.75 Å². The fourth-order valence-corrected chi connectivity index (χ4v) is 2.15. The Labute approximate surface area is 128 Å². The largest absolute Gasteiger partial charge is 0.488 e. The highest BCUT2D eigenvalue weighted by Crippen LogP contribution is 2.25. The summed E-state index contributed by atoms with van der Waals surface area (Å²) < 4.78 is 10.4. The zero-order chi connectivity index (χ0) is 15.4. The Morgan fingerprint density at radius 1 is 1.24 bits per heavy atom. The highest BCUT2D eigenvalue weighted by molar-refractivity contribution is 6.31. The Morgan fingerprint density at radius 3 is 2.67 bits per heavy atom. The van der Waals surface area contributed by atoms with Crippen LogP contribution in [0, 0.1) is 6.92 Å². The summed E-state index contributed by atoms with van der Waals surface area (Å²) in [6, 6.07) is 10.5. The van der Waals surface area contributed by atoms with Gasteiger partial charge in [-0.15, -0.1) is 0 Å². The molecule has 0 aliphatic heterocycles. The first-order chi connectivity index (χ1) is 10.0. The molecule has 0 saturated carbocycles. The third-order valence-electron chi connectivity index (χ3n) is 3.00. The lowest BCUT2D eigenvalue weighted by Crippen LogP contribution is -2.06. The summed E-state index contributed by atoms with van der Waals surface area (Å²) in [6.45, 7) is 2.20. The summed E-state index contributed by atoms with van der Waals surface area (Å²) in [5, 5.41) is 0.624. The van der Waals surface area contributed by atoms with Gasteiger partial charge < -0.3 is 15.2 Å². The molecule has 0 amide bonds. The van der Waals surface area contributed by atoms with Gasteiger partial charge in [-0.05, 0) is 30.7 Å². The van der Waals surface area contributed by atoms with Crippen LogP contribution in [0.2, 0.25) is 5.02 Å². The SMILES string of the molecule is COC(=O)c1ccc(N)cc1OCc1ccc(C)cc1Cl. The third kappa shape index (κ3) is 3.67. The monoisotopic (exact) mass is 305 g/mol. The summed E-state index contributed by atoms with van der Waals surface area (Å²) in [5.41, 5.74) is 8.47. The quantitative estimate of drug-likeness (QED) is 0.692. The van der Waals surface area contributed by atoms with Crippen LogP contribution in [0.3, 0.4) is 0 Å². The third-order valence-corrected chi connectivity index (χ3v) is 3.35. The molecule has 2 rings (SSSR count). The number of hydrogen-bond acceptors (Lipinski definition) is 4. The van der Waals surface area contributed by atoms with Gasteiger partial charge in [0.1, 0.15) is 17.9 Å². The maximum Gasteiger partial charge on any atom is 0.341 e. The normalized spacial score (nSPS) is 10.2. The number of hydrogen-bond donors (Lipinski definition) is 1. The van der Waals surface area contributed by atoms with Crippen LogP contribution in [-0.4, -0.2) is 13.1 Å². The van der Waals surface area contributed by atoms with Crippen LogP contribution in [0.4, 0.5) is 5.69 Å². The average molecular weight is 306 g/mol. The molecule has 0 unspecified atom stereocenters. The number of rotatable bonds is 4. The summed E-state index contributed by atoms with van der Waals surface area (Å²) in [7, 11) is 1.32. The van der Waals surface area contributed by atoms with E-state index in [1.165, 1.54) is 7.11 Å². The topological polar surface area (TPSA) is 61.5 Å². The van der Waals surface area contributed by atoms with E-state index in [4.69, 9.17) is 26.8 Å². The predicted molar refractivity (Wildman–Crippen MR) is 82.7 cm³/mol. The minimum atomic E-state index is -0.472. The fourth-order valence-electron chi connectivity index (χ4n) is 1.86. The van der Waals surface area contributed by atoms with Gasteiger partial charge in [0, 0.05) is 22.3 Å². The molecule has 0 aromatic heterocycles. The lowest BCUT2D eigenvalue weighted by Gasteiger charge is -2.12. The first kappa shape index (κ1) is 15.2. The number of ether oxygens (including phenoxy) is 2. The van der Waals surface area contributed by atoms with Crippen LogP contribution in [-0.2, 0) is 11.3 Å². The molecule has 2 N–H and O–H groups in total. The number of anilines is 1. The van der Waals surface area contributed by atoms with Gasteiger partial charge in [-0.2, -0.15) is 0 Å². The van der Waals surface area contributed by atoms with E-state index in [9.17, 15) is 4.79 Å². The number of aryl methyl sites for hydroxylation is 1. The number of halogens is 1. The van der Waals surface area contributed by atoms with Crippen molar-refractivity contribution in [2.75, 3.05) is 12.8 Å². The van der Waals surface area contributed by atoms with Crippen molar-refractivity contribution in [1.82, 2.24) is 0 Å². The second-order valence-electron chi connectivity index (χ2n) is 4.63. The van der Waals surface area contributed by atoms with Gasteiger partial charge in [-0.1, -0.05) is 23.7 Å². The van der Waals surface area contributed by atoms with Crippen molar-refractivity contribution in [3.05, 3.63) is 58.1 Å². The van der Waals surface area contributed by atoms with Gasteiger partial charge in [-0.3, -0.25) is 0 Å². The standard InChI is InChI=1S/C16H16ClNO3/c1-10-3-4-11(14(17)7-10)9-21-15-8-12(18)5-6-13(15)16(19)20-2/h3-8H,9,18H2,1-2H3. The smallest absolute Gasteiger partial charge is 0.341 e. The van der Waals surface area contributed by atoms with Crippen LogP contribution in [0.1, 0.15) is 21.5 Å². The molecule has 21 heavy (non-hydrogen) atoms. The summed E-state index contributed by atoms with van der Waals surface area (Å²) in [6.07, 6.45) is 0. The Balaban J connectivity index is 2.23. The molecule has 2 aromatic carbocycles. The molecule has 5 heteroatoms. The molecule has 110 valence electrons. The number of carbonyl (C=O) groups excluding carboxylic acids is 1. The predicted octanol–water partition coefficient (Wildman–Crippen LogP) is 3.60. The second kappa shape index (κ2) is 6.50. The van der Waals surface area contributed by atoms with Gasteiger partial charge in [0.15, 0.2) is 0 Å². The van der Waals surface area contributed by atoms with Crippen molar-refractivity contribution in [3.63, 3.8) is 0 Å². The molecular weight excluding hydrogens is 290 g/mol. The zero-order valence-electron chi connectivity index (χ0n) is 11.9. The number of methoxy groups -OCH3 is 1. The van der Waals surface area contributed by atoms with E-state index in [0.29, 0.717) is 22.0 Å². The molecule has 0 aliphatic rings. The molecule has 4 nitrogen and oxygen atoms in total. The summed E-state index contributed by atoms with van der Waals surface area (Å²) in [5.74, 6) is -0.0986. The van der Waals surface area contributed by atoms with E-state index < -0.39 is 5.97 Å². The van der Waals surface area contributed by atoms with E-state index in [1.54, 1.807) is 18.2 Å². The van der Waals surface area contributed by atoms with Gasteiger partial charge in [0.2, 0.25) is 0 Å². The van der Waals surface area contributed by atoms with E-state index in [0.717, 1.165) is 11.1 Å². The molecule has 0 bridgehead atoms. The second-order valence-corrected chi connectivity index (χ2v) is 5.04. The Morgan fingerprint density at radius 2 is 2.00 bits per heavy atom. The maximum absolute atomic E-state index is 11.7. The molecule has 0 fully saturated rings. The number of nitrogen functional groups attached to an aromatic ring is 1. The number of benzene rings is 2. The summed E-state index contributed by atoms with van der Waals surface area (Å²) >= 11 is 6.16. The lowest BCUT2D eigenvalue weighted by atomic mass is 10.1. The molecule has 0 heterocycles. The number of esters is 1. The molecular formula is C16H16ClNO3. The van der Waals surface area contributed by atoms with E-state index in [1.807, 2.05) is 25.1 Å². The van der Waals surface area contributed by atoms with E-state index in [-0.39, 0.29) is 6.61 Å². The maximum atomic E-state index is 11.7. The van der Waals surface area contributed by atoms with Gasteiger partial charge in [0.25, 0.3) is 0 Å². The van der Waals surface area contributed by atoms with Crippen LogP contribution in [0.25, 0.3) is 0 Å². The van der Waals surface area contributed by atoms with Crippen LogP contribution < -0.4 is 10.5 Å². The van der Waals surface area contributed by atoms with Crippen LogP contribution >= 0.6 is 11.6 Å². The van der Waals surface area contributed by atoms with Gasteiger partial charge >= 0.3 is 5.97 Å². The first-order valence-corrected chi connectivity index (χ1v) is 6.74. The highest BCUT2D eigenvalue weighted by Gasteiger charge is 2.14. The molecule has 0 aliphatic carbocycles. The highest BCUT2D eigenvalue weighted by atomic mass is 35.5. The average Bonchev–Trinajstić information content (AvgIpc) is 2.45. The zero-order valence-corrected chi connectivity index (χ0v) is 12.6. The Kier molecular flexibility index (Phi) is 4.70. The molecule has 0 spiro atoms. The van der Waals surface area contributed by atoms with Crippen molar-refractivity contribution in [1.29, 1.82) is 0 Å². The molecule has 0 atom stereocenters. The first-order valence-electron chi connectivity index (χ1n) is 6.37. The number of nitrogens with two attached hydrogens (primary N) is 1. The van der Waals surface area contributed by atoms with Gasteiger partial charge in [0.05, 0.1) is 7.11 Å². The molecule has 0 radical (unpaired) electrons.